The molecule has 3 heteroatoms. The van der Waals surface area contributed by atoms with E-state index < -0.39 is 12.5 Å². The van der Waals surface area contributed by atoms with Crippen molar-refractivity contribution in [3.63, 3.8) is 0 Å². The van der Waals surface area contributed by atoms with Crippen molar-refractivity contribution in [2.75, 3.05) is 6.54 Å². The molecule has 1 fully saturated rings. The lowest BCUT2D eigenvalue weighted by molar-refractivity contribution is 0.0115. The number of alkyl halides is 2. The summed E-state index contributed by atoms with van der Waals surface area (Å²) in [6, 6.07) is 7.49. The van der Waals surface area contributed by atoms with Crippen LogP contribution in [0.15, 0.2) is 24.3 Å². The van der Waals surface area contributed by atoms with Gasteiger partial charge in [0, 0.05) is 6.42 Å². The lowest BCUT2D eigenvalue weighted by Gasteiger charge is -2.13. The van der Waals surface area contributed by atoms with Crippen molar-refractivity contribution in [2.45, 2.75) is 31.1 Å². The van der Waals surface area contributed by atoms with Gasteiger partial charge in [-0.05, 0) is 29.9 Å². The molecule has 0 aliphatic heterocycles. The monoisotopic (exact) mass is 211 g/mol. The largest absolute Gasteiger partial charge is 0.325 e. The number of nitrogens with two attached hydrogens (primary N) is 1. The summed E-state index contributed by atoms with van der Waals surface area (Å²) in [5, 5.41) is 0. The first-order chi connectivity index (χ1) is 7.11. The highest BCUT2D eigenvalue weighted by Crippen LogP contribution is 2.40. The van der Waals surface area contributed by atoms with Crippen LogP contribution >= 0.6 is 0 Å². The highest BCUT2D eigenvalue weighted by Gasteiger charge is 2.27. The Morgan fingerprint density at radius 1 is 1.20 bits per heavy atom. The molecule has 0 unspecified atom stereocenters. The van der Waals surface area contributed by atoms with Gasteiger partial charge >= 0.3 is 0 Å². The van der Waals surface area contributed by atoms with Crippen molar-refractivity contribution in [1.82, 2.24) is 0 Å². The van der Waals surface area contributed by atoms with E-state index in [0.717, 1.165) is 0 Å². The molecule has 1 aromatic carbocycles. The van der Waals surface area contributed by atoms with Gasteiger partial charge in [-0.2, -0.15) is 0 Å². The molecule has 2 rings (SSSR count). The fourth-order valence-corrected chi connectivity index (χ4v) is 1.70. The van der Waals surface area contributed by atoms with E-state index >= 15 is 0 Å². The first kappa shape index (κ1) is 10.6. The van der Waals surface area contributed by atoms with Crippen LogP contribution in [0.1, 0.15) is 29.9 Å². The summed E-state index contributed by atoms with van der Waals surface area (Å²) in [5.74, 6) is -2.10. The summed E-state index contributed by atoms with van der Waals surface area (Å²) < 4.78 is 26.0. The molecule has 1 saturated carbocycles. The predicted octanol–water partition coefficient (Wildman–Crippen LogP) is 2.70. The van der Waals surface area contributed by atoms with E-state index in [4.69, 9.17) is 5.73 Å². The van der Waals surface area contributed by atoms with Gasteiger partial charge in [-0.15, -0.1) is 0 Å². The van der Waals surface area contributed by atoms with Crippen LogP contribution in [-0.2, 0) is 6.42 Å². The first-order valence-electron chi connectivity index (χ1n) is 5.27. The summed E-state index contributed by atoms with van der Waals surface area (Å²) >= 11 is 0. The second-order valence-electron chi connectivity index (χ2n) is 4.25. The summed E-state index contributed by atoms with van der Waals surface area (Å²) in [7, 11) is 0. The minimum Gasteiger partial charge on any atom is -0.325 e. The molecule has 0 amide bonds. The van der Waals surface area contributed by atoms with Crippen molar-refractivity contribution in [1.29, 1.82) is 0 Å². The number of hydrogen-bond acceptors (Lipinski definition) is 1. The van der Waals surface area contributed by atoms with Crippen LogP contribution in [0.5, 0.6) is 0 Å². The quantitative estimate of drug-likeness (QED) is 0.814. The third-order valence-corrected chi connectivity index (χ3v) is 2.79. The van der Waals surface area contributed by atoms with Crippen LogP contribution < -0.4 is 5.73 Å². The molecule has 0 bridgehead atoms. The second-order valence-corrected chi connectivity index (χ2v) is 4.25. The Morgan fingerprint density at radius 3 is 2.27 bits per heavy atom. The van der Waals surface area contributed by atoms with Crippen molar-refractivity contribution in [3.05, 3.63) is 35.4 Å². The fraction of sp³-hybridized carbons (Fsp3) is 0.500. The molecule has 15 heavy (non-hydrogen) atoms. The predicted molar refractivity (Wildman–Crippen MR) is 56.1 cm³/mol. The van der Waals surface area contributed by atoms with Gasteiger partial charge in [0.05, 0.1) is 6.54 Å². The Balaban J connectivity index is 2.03. The maximum Gasteiger partial charge on any atom is 0.264 e. The molecule has 0 radical (unpaired) electrons. The third-order valence-electron chi connectivity index (χ3n) is 2.79. The molecular formula is C12H15F2N. The van der Waals surface area contributed by atoms with Crippen molar-refractivity contribution in [3.8, 4) is 0 Å². The third kappa shape index (κ3) is 2.75. The highest BCUT2D eigenvalue weighted by atomic mass is 19.3. The van der Waals surface area contributed by atoms with Crippen LogP contribution in [-0.4, -0.2) is 12.5 Å². The normalized spacial score (nSPS) is 16.7. The zero-order valence-corrected chi connectivity index (χ0v) is 8.55. The van der Waals surface area contributed by atoms with Crippen LogP contribution in [0, 0.1) is 0 Å². The first-order valence-corrected chi connectivity index (χ1v) is 5.27. The van der Waals surface area contributed by atoms with Crippen LogP contribution in [0.4, 0.5) is 8.78 Å². The van der Waals surface area contributed by atoms with Crippen LogP contribution in [0.3, 0.4) is 0 Å². The van der Waals surface area contributed by atoms with Gasteiger partial charge < -0.3 is 5.73 Å². The van der Waals surface area contributed by atoms with E-state index in [1.165, 1.54) is 18.4 Å². The molecule has 0 spiro atoms. The van der Waals surface area contributed by atoms with Gasteiger partial charge in [-0.1, -0.05) is 24.3 Å². The maximum atomic E-state index is 13.0. The molecule has 1 aliphatic carbocycles. The second kappa shape index (κ2) is 3.89. The van der Waals surface area contributed by atoms with E-state index in [2.05, 4.69) is 0 Å². The van der Waals surface area contributed by atoms with Gasteiger partial charge in [0.25, 0.3) is 5.92 Å². The van der Waals surface area contributed by atoms with Crippen molar-refractivity contribution in [2.24, 2.45) is 5.73 Å². The van der Waals surface area contributed by atoms with Crippen molar-refractivity contribution < 1.29 is 8.78 Å². The topological polar surface area (TPSA) is 26.0 Å². The summed E-state index contributed by atoms with van der Waals surface area (Å²) in [4.78, 5) is 0. The minimum atomic E-state index is -2.78. The summed E-state index contributed by atoms with van der Waals surface area (Å²) in [5.41, 5.74) is 6.93. The molecule has 1 aliphatic rings. The number of halogens is 2. The molecule has 82 valence electrons. The standard InChI is InChI=1S/C12H15F2N/c13-12(14,8-15)7-9-1-3-10(4-2-9)11-5-6-11/h1-4,11H,5-8,15H2. The molecule has 0 atom stereocenters. The average molecular weight is 211 g/mol. The van der Waals surface area contributed by atoms with E-state index in [1.807, 2.05) is 12.1 Å². The molecule has 0 saturated heterocycles. The molecule has 0 heterocycles. The zero-order valence-electron chi connectivity index (χ0n) is 8.55. The van der Waals surface area contributed by atoms with Gasteiger partial charge in [-0.3, -0.25) is 0 Å². The Morgan fingerprint density at radius 2 is 1.80 bits per heavy atom. The van der Waals surface area contributed by atoms with E-state index in [0.29, 0.717) is 11.5 Å². The Bertz CT molecular complexity index is 328. The molecule has 2 N–H and O–H groups in total. The summed E-state index contributed by atoms with van der Waals surface area (Å²) in [6.07, 6.45) is 2.21. The number of hydrogen-bond donors (Lipinski definition) is 1. The molecule has 1 aromatic rings. The summed E-state index contributed by atoms with van der Waals surface area (Å²) in [6.45, 7) is -0.586. The molecule has 0 aromatic heterocycles. The lowest BCUT2D eigenvalue weighted by atomic mass is 10.0. The van der Waals surface area contributed by atoms with Gasteiger partial charge in [0.1, 0.15) is 0 Å². The number of rotatable bonds is 4. The average Bonchev–Trinajstić information content (AvgIpc) is 3.02. The molecule has 1 nitrogen and oxygen atoms in total. The molecular weight excluding hydrogens is 196 g/mol. The van der Waals surface area contributed by atoms with Gasteiger partial charge in [0.2, 0.25) is 0 Å². The lowest BCUT2D eigenvalue weighted by Crippen LogP contribution is -2.30. The highest BCUT2D eigenvalue weighted by molar-refractivity contribution is 5.28. The zero-order chi connectivity index (χ0) is 10.9. The van der Waals surface area contributed by atoms with E-state index in [1.54, 1.807) is 12.1 Å². The van der Waals surface area contributed by atoms with Gasteiger partial charge in [0.15, 0.2) is 0 Å². The SMILES string of the molecule is NCC(F)(F)Cc1ccc(C2CC2)cc1. The van der Waals surface area contributed by atoms with Crippen LogP contribution in [0.25, 0.3) is 0 Å². The number of benzene rings is 1. The smallest absolute Gasteiger partial charge is 0.264 e. The Labute approximate surface area is 88.3 Å². The van der Waals surface area contributed by atoms with Crippen molar-refractivity contribution >= 4 is 0 Å². The Hall–Kier alpha value is -0.960. The van der Waals surface area contributed by atoms with Gasteiger partial charge in [-0.25, -0.2) is 8.78 Å². The van der Waals surface area contributed by atoms with E-state index in [-0.39, 0.29) is 6.42 Å². The fourth-order valence-electron chi connectivity index (χ4n) is 1.70. The maximum absolute atomic E-state index is 13.0. The van der Waals surface area contributed by atoms with E-state index in [9.17, 15) is 8.78 Å². The minimum absolute atomic E-state index is 0.256. The van der Waals surface area contributed by atoms with Crippen LogP contribution in [0.2, 0.25) is 0 Å². The Kier molecular flexibility index (Phi) is 2.74.